The van der Waals surface area contributed by atoms with Crippen molar-refractivity contribution >= 4 is 23.1 Å². The Balaban J connectivity index is 2.68. The number of rotatable bonds is 6. The maximum Gasteiger partial charge on any atom is 0.242 e. The topological polar surface area (TPSA) is 72.9 Å². The molecule has 1 aromatic heterocycles. The number of unbranched alkanes of at least 4 members (excludes halogenated alkanes) is 1. The van der Waals surface area contributed by atoms with Crippen LogP contribution < -0.4 is 11.1 Å². The normalized spacial score (nSPS) is 12.1. The number of nitrogens with two attached hydrogens (primary N) is 1. The zero-order chi connectivity index (χ0) is 12.8. The molecule has 1 atom stereocenters. The molecule has 1 aromatic rings. The number of hydrogen-bond acceptors (Lipinski definition) is 3. The van der Waals surface area contributed by atoms with Crippen molar-refractivity contribution < 1.29 is 4.79 Å². The second kappa shape index (κ2) is 6.34. The molecule has 5 nitrogen and oxygen atoms in total. The lowest BCUT2D eigenvalue weighted by atomic mass is 10.3. The summed E-state index contributed by atoms with van der Waals surface area (Å²) in [6.45, 7) is 4.57. The second-order valence-corrected chi connectivity index (χ2v) is 4.28. The van der Waals surface area contributed by atoms with Crippen LogP contribution in [0.2, 0.25) is 0 Å². The van der Waals surface area contributed by atoms with Crippen LogP contribution >= 0.6 is 12.2 Å². The first-order valence-electron chi connectivity index (χ1n) is 5.68. The quantitative estimate of drug-likeness (QED) is 0.586. The summed E-state index contributed by atoms with van der Waals surface area (Å²) >= 11 is 4.88. The molecule has 0 aliphatic rings. The van der Waals surface area contributed by atoms with Crippen LogP contribution in [-0.2, 0) is 4.79 Å². The standard InChI is InChI=1S/C11H18N4OS/c1-3-4-5-14-11(16)8(2)15-7-6-13-10(15)9(12)17/h6-8H,3-5H2,1-2H3,(H2,12,17)(H,14,16). The van der Waals surface area contributed by atoms with Gasteiger partial charge in [-0.2, -0.15) is 0 Å². The van der Waals surface area contributed by atoms with Gasteiger partial charge in [0.2, 0.25) is 5.91 Å². The number of aromatic nitrogens is 2. The summed E-state index contributed by atoms with van der Waals surface area (Å²) < 4.78 is 1.68. The van der Waals surface area contributed by atoms with Crippen LogP contribution in [0, 0.1) is 0 Å². The van der Waals surface area contributed by atoms with Gasteiger partial charge in [0.25, 0.3) is 0 Å². The zero-order valence-electron chi connectivity index (χ0n) is 10.1. The minimum Gasteiger partial charge on any atom is -0.387 e. The van der Waals surface area contributed by atoms with Gasteiger partial charge in [0.1, 0.15) is 11.0 Å². The Morgan fingerprint density at radius 1 is 1.71 bits per heavy atom. The molecule has 0 aliphatic carbocycles. The number of nitrogens with one attached hydrogen (secondary N) is 1. The van der Waals surface area contributed by atoms with Crippen LogP contribution in [-0.4, -0.2) is 27.0 Å². The first kappa shape index (κ1) is 13.6. The summed E-state index contributed by atoms with van der Waals surface area (Å²) in [6, 6.07) is -0.356. The highest BCUT2D eigenvalue weighted by Gasteiger charge is 2.18. The molecule has 1 amide bonds. The Hall–Kier alpha value is -1.43. The molecule has 0 aliphatic heterocycles. The fourth-order valence-corrected chi connectivity index (χ4v) is 1.64. The van der Waals surface area contributed by atoms with Crippen LogP contribution in [0.3, 0.4) is 0 Å². The number of imidazole rings is 1. The number of hydrogen-bond donors (Lipinski definition) is 2. The number of carbonyl (C=O) groups excluding carboxylic acids is 1. The maximum atomic E-state index is 11.8. The van der Waals surface area contributed by atoms with Crippen molar-refractivity contribution in [3.63, 3.8) is 0 Å². The van der Waals surface area contributed by atoms with Gasteiger partial charge < -0.3 is 15.6 Å². The van der Waals surface area contributed by atoms with Crippen molar-refractivity contribution in [3.8, 4) is 0 Å². The highest BCUT2D eigenvalue weighted by Crippen LogP contribution is 2.09. The van der Waals surface area contributed by atoms with Crippen molar-refractivity contribution in [2.45, 2.75) is 32.7 Å². The minimum absolute atomic E-state index is 0.0473. The van der Waals surface area contributed by atoms with Crippen molar-refractivity contribution in [3.05, 3.63) is 18.2 Å². The summed E-state index contributed by atoms with van der Waals surface area (Å²) in [5, 5.41) is 2.87. The van der Waals surface area contributed by atoms with E-state index in [1.165, 1.54) is 0 Å². The van der Waals surface area contributed by atoms with E-state index in [1.54, 1.807) is 23.9 Å². The average Bonchev–Trinajstić information content (AvgIpc) is 2.77. The number of carbonyl (C=O) groups is 1. The molecule has 6 heteroatoms. The van der Waals surface area contributed by atoms with Gasteiger partial charge in [0.15, 0.2) is 5.82 Å². The largest absolute Gasteiger partial charge is 0.387 e. The highest BCUT2D eigenvalue weighted by molar-refractivity contribution is 7.80. The Labute approximate surface area is 106 Å². The van der Waals surface area contributed by atoms with E-state index in [0.29, 0.717) is 12.4 Å². The molecule has 1 unspecified atom stereocenters. The minimum atomic E-state index is -0.356. The number of thiocarbonyl (C=S) groups is 1. The fraction of sp³-hybridized carbons (Fsp3) is 0.545. The van der Waals surface area contributed by atoms with E-state index in [4.69, 9.17) is 18.0 Å². The van der Waals surface area contributed by atoms with Gasteiger partial charge in [-0.15, -0.1) is 0 Å². The lowest BCUT2D eigenvalue weighted by Crippen LogP contribution is -2.33. The molecule has 0 spiro atoms. The Kier molecular flexibility index (Phi) is 5.09. The Morgan fingerprint density at radius 2 is 2.41 bits per heavy atom. The van der Waals surface area contributed by atoms with E-state index in [9.17, 15) is 4.79 Å². The number of nitrogens with zero attached hydrogens (tertiary/aromatic N) is 2. The first-order chi connectivity index (χ1) is 8.07. The second-order valence-electron chi connectivity index (χ2n) is 3.84. The summed E-state index contributed by atoms with van der Waals surface area (Å²) in [7, 11) is 0. The molecule has 94 valence electrons. The maximum absolute atomic E-state index is 11.8. The SMILES string of the molecule is CCCCNC(=O)C(C)n1ccnc1C(N)=S. The molecule has 0 aromatic carbocycles. The fourth-order valence-electron chi connectivity index (χ4n) is 1.48. The summed E-state index contributed by atoms with van der Waals surface area (Å²) in [6.07, 6.45) is 5.32. The smallest absolute Gasteiger partial charge is 0.242 e. The predicted octanol–water partition coefficient (Wildman–Crippen LogP) is 0.995. The predicted molar refractivity (Wildman–Crippen MR) is 70.7 cm³/mol. The van der Waals surface area contributed by atoms with E-state index < -0.39 is 0 Å². The third-order valence-electron chi connectivity index (χ3n) is 2.52. The zero-order valence-corrected chi connectivity index (χ0v) is 11.0. The van der Waals surface area contributed by atoms with Gasteiger partial charge in [0.05, 0.1) is 0 Å². The van der Waals surface area contributed by atoms with Gasteiger partial charge >= 0.3 is 0 Å². The van der Waals surface area contributed by atoms with Crippen LogP contribution in [0.1, 0.15) is 38.6 Å². The highest BCUT2D eigenvalue weighted by atomic mass is 32.1. The van der Waals surface area contributed by atoms with Crippen molar-refractivity contribution in [2.24, 2.45) is 5.73 Å². The van der Waals surface area contributed by atoms with Gasteiger partial charge in [0, 0.05) is 18.9 Å². The molecule has 17 heavy (non-hydrogen) atoms. The summed E-state index contributed by atoms with van der Waals surface area (Å²) in [5.74, 6) is 0.423. The molecule has 0 fully saturated rings. The van der Waals surface area contributed by atoms with Crippen LogP contribution in [0.25, 0.3) is 0 Å². The molecule has 0 radical (unpaired) electrons. The summed E-state index contributed by atoms with van der Waals surface area (Å²) in [4.78, 5) is 16.1. The molecular formula is C11H18N4OS. The molecule has 3 N–H and O–H groups in total. The third-order valence-corrected chi connectivity index (χ3v) is 2.70. The van der Waals surface area contributed by atoms with Crippen LogP contribution in [0.15, 0.2) is 12.4 Å². The number of amides is 1. The molecular weight excluding hydrogens is 236 g/mol. The summed E-state index contributed by atoms with van der Waals surface area (Å²) in [5.41, 5.74) is 5.54. The van der Waals surface area contributed by atoms with Crippen LogP contribution in [0.5, 0.6) is 0 Å². The lowest BCUT2D eigenvalue weighted by Gasteiger charge is -2.15. The van der Waals surface area contributed by atoms with E-state index >= 15 is 0 Å². The van der Waals surface area contributed by atoms with Crippen molar-refractivity contribution in [1.82, 2.24) is 14.9 Å². The Bertz CT molecular complexity index is 402. The van der Waals surface area contributed by atoms with Crippen molar-refractivity contribution in [2.75, 3.05) is 6.54 Å². The van der Waals surface area contributed by atoms with Gasteiger partial charge in [-0.3, -0.25) is 4.79 Å². The molecule has 0 saturated carbocycles. The Morgan fingerprint density at radius 3 is 3.00 bits per heavy atom. The molecule has 0 saturated heterocycles. The van der Waals surface area contributed by atoms with E-state index in [2.05, 4.69) is 17.2 Å². The van der Waals surface area contributed by atoms with Gasteiger partial charge in [-0.25, -0.2) is 4.98 Å². The van der Waals surface area contributed by atoms with E-state index in [1.807, 2.05) is 0 Å². The first-order valence-corrected chi connectivity index (χ1v) is 6.09. The van der Waals surface area contributed by atoms with Crippen LogP contribution in [0.4, 0.5) is 0 Å². The van der Waals surface area contributed by atoms with Gasteiger partial charge in [-0.05, 0) is 13.3 Å². The molecule has 0 bridgehead atoms. The van der Waals surface area contributed by atoms with E-state index in [0.717, 1.165) is 12.8 Å². The monoisotopic (exact) mass is 254 g/mol. The third kappa shape index (κ3) is 3.52. The van der Waals surface area contributed by atoms with E-state index in [-0.39, 0.29) is 16.9 Å². The lowest BCUT2D eigenvalue weighted by molar-refractivity contribution is -0.123. The molecule has 1 heterocycles. The molecule has 1 rings (SSSR count). The average molecular weight is 254 g/mol. The van der Waals surface area contributed by atoms with Gasteiger partial charge in [-0.1, -0.05) is 25.6 Å². The van der Waals surface area contributed by atoms with Crippen molar-refractivity contribution in [1.29, 1.82) is 0 Å².